The van der Waals surface area contributed by atoms with Crippen LogP contribution in [0.3, 0.4) is 0 Å². The van der Waals surface area contributed by atoms with Crippen LogP contribution in [0.5, 0.6) is 11.5 Å². The average Bonchev–Trinajstić information content (AvgIpc) is 2.52. The number of aromatic nitrogens is 1. The first-order valence-electron chi connectivity index (χ1n) is 6.70. The molecule has 1 heterocycles. The normalized spacial score (nSPS) is 10.2. The lowest BCUT2D eigenvalue weighted by atomic mass is 10.1. The van der Waals surface area contributed by atoms with Gasteiger partial charge >= 0.3 is 0 Å². The Kier molecular flexibility index (Phi) is 4.82. The predicted octanol–water partition coefficient (Wildman–Crippen LogP) is 3.27. The molecule has 0 fully saturated rings. The van der Waals surface area contributed by atoms with Gasteiger partial charge in [-0.05, 0) is 36.2 Å². The van der Waals surface area contributed by atoms with Crippen LogP contribution in [-0.4, -0.2) is 19.1 Å². The monoisotopic (exact) mass is 272 g/mol. The minimum Gasteiger partial charge on any atom is -0.493 e. The first kappa shape index (κ1) is 14.2. The van der Waals surface area contributed by atoms with Crippen LogP contribution in [-0.2, 0) is 13.0 Å². The molecule has 4 nitrogen and oxygen atoms in total. The molecular formula is C16H20N2O2. The van der Waals surface area contributed by atoms with E-state index in [0.29, 0.717) is 6.61 Å². The van der Waals surface area contributed by atoms with Crippen LogP contribution in [0.1, 0.15) is 18.2 Å². The summed E-state index contributed by atoms with van der Waals surface area (Å²) < 4.78 is 11.2. The Labute approximate surface area is 119 Å². The van der Waals surface area contributed by atoms with Crippen LogP contribution in [0.15, 0.2) is 36.4 Å². The number of hydrogen-bond acceptors (Lipinski definition) is 4. The Balaban J connectivity index is 2.10. The summed E-state index contributed by atoms with van der Waals surface area (Å²) in [5.41, 5.74) is 2.10. The van der Waals surface area contributed by atoms with E-state index in [-0.39, 0.29) is 0 Å². The van der Waals surface area contributed by atoms with Crippen LogP contribution in [0.4, 0.5) is 5.82 Å². The fraction of sp³-hybridized carbons (Fsp3) is 0.312. The number of pyridine rings is 1. The SMILES string of the molecule is CCc1ccc(OCc2cccc(NC)n2)c(OC)c1. The van der Waals surface area contributed by atoms with Crippen LogP contribution in [0, 0.1) is 0 Å². The second-order valence-electron chi connectivity index (χ2n) is 4.39. The number of methoxy groups -OCH3 is 1. The largest absolute Gasteiger partial charge is 0.493 e. The van der Waals surface area contributed by atoms with E-state index in [9.17, 15) is 0 Å². The van der Waals surface area contributed by atoms with Gasteiger partial charge in [0.15, 0.2) is 11.5 Å². The van der Waals surface area contributed by atoms with Gasteiger partial charge in [-0.1, -0.05) is 19.1 Å². The Morgan fingerprint density at radius 3 is 2.70 bits per heavy atom. The third-order valence-electron chi connectivity index (χ3n) is 3.07. The Bertz CT molecular complexity index is 570. The van der Waals surface area contributed by atoms with Crippen molar-refractivity contribution < 1.29 is 9.47 Å². The molecule has 0 unspecified atom stereocenters. The Morgan fingerprint density at radius 1 is 1.15 bits per heavy atom. The third-order valence-corrected chi connectivity index (χ3v) is 3.07. The lowest BCUT2D eigenvalue weighted by Crippen LogP contribution is -2.02. The molecule has 20 heavy (non-hydrogen) atoms. The first-order valence-corrected chi connectivity index (χ1v) is 6.70. The standard InChI is InChI=1S/C16H20N2O2/c1-4-12-8-9-14(15(10-12)19-3)20-11-13-6-5-7-16(17-2)18-13/h5-10H,4,11H2,1-3H3,(H,17,18). The van der Waals surface area contributed by atoms with Crippen LogP contribution in [0.2, 0.25) is 0 Å². The summed E-state index contributed by atoms with van der Waals surface area (Å²) in [4.78, 5) is 4.42. The van der Waals surface area contributed by atoms with Gasteiger partial charge in [-0.3, -0.25) is 0 Å². The molecule has 106 valence electrons. The van der Waals surface area contributed by atoms with Gasteiger partial charge in [0.25, 0.3) is 0 Å². The maximum absolute atomic E-state index is 5.80. The van der Waals surface area contributed by atoms with E-state index in [4.69, 9.17) is 9.47 Å². The fourth-order valence-electron chi connectivity index (χ4n) is 1.90. The molecule has 2 aromatic rings. The van der Waals surface area contributed by atoms with Gasteiger partial charge in [0, 0.05) is 7.05 Å². The predicted molar refractivity (Wildman–Crippen MR) is 80.5 cm³/mol. The Hall–Kier alpha value is -2.23. The third kappa shape index (κ3) is 3.41. The molecule has 0 aliphatic carbocycles. The van der Waals surface area contributed by atoms with Crippen molar-refractivity contribution in [3.05, 3.63) is 47.7 Å². The van der Waals surface area contributed by atoms with Gasteiger partial charge in [-0.2, -0.15) is 0 Å². The number of benzene rings is 1. The minimum absolute atomic E-state index is 0.414. The van der Waals surface area contributed by atoms with Crippen molar-refractivity contribution >= 4 is 5.82 Å². The lowest BCUT2D eigenvalue weighted by Gasteiger charge is -2.12. The van der Waals surface area contributed by atoms with Gasteiger partial charge in [-0.25, -0.2) is 4.98 Å². The van der Waals surface area contributed by atoms with Crippen LogP contribution < -0.4 is 14.8 Å². The molecular weight excluding hydrogens is 252 g/mol. The zero-order valence-corrected chi connectivity index (χ0v) is 12.1. The molecule has 0 radical (unpaired) electrons. The molecule has 0 bridgehead atoms. The van der Waals surface area contributed by atoms with E-state index < -0.39 is 0 Å². The summed E-state index contributed by atoms with van der Waals surface area (Å²) in [5, 5.41) is 3.01. The van der Waals surface area contributed by atoms with Crippen molar-refractivity contribution in [2.45, 2.75) is 20.0 Å². The number of nitrogens with zero attached hydrogens (tertiary/aromatic N) is 1. The van der Waals surface area contributed by atoms with Crippen molar-refractivity contribution in [1.82, 2.24) is 4.98 Å². The molecule has 0 atom stereocenters. The molecule has 0 saturated carbocycles. The number of ether oxygens (including phenoxy) is 2. The van der Waals surface area contributed by atoms with Gasteiger partial charge < -0.3 is 14.8 Å². The van der Waals surface area contributed by atoms with Crippen molar-refractivity contribution in [2.24, 2.45) is 0 Å². The average molecular weight is 272 g/mol. The molecule has 1 aromatic heterocycles. The molecule has 0 amide bonds. The van der Waals surface area contributed by atoms with E-state index >= 15 is 0 Å². The minimum atomic E-state index is 0.414. The summed E-state index contributed by atoms with van der Waals surface area (Å²) in [6.45, 7) is 2.53. The van der Waals surface area contributed by atoms with Crippen LogP contribution in [0.25, 0.3) is 0 Å². The molecule has 0 saturated heterocycles. The Morgan fingerprint density at radius 2 is 2.00 bits per heavy atom. The highest BCUT2D eigenvalue weighted by Gasteiger charge is 2.06. The topological polar surface area (TPSA) is 43.4 Å². The van der Waals surface area contributed by atoms with Crippen molar-refractivity contribution in [2.75, 3.05) is 19.5 Å². The highest BCUT2D eigenvalue weighted by molar-refractivity contribution is 5.43. The van der Waals surface area contributed by atoms with Gasteiger partial charge in [-0.15, -0.1) is 0 Å². The van der Waals surface area contributed by atoms with Crippen molar-refractivity contribution in [1.29, 1.82) is 0 Å². The summed E-state index contributed by atoms with van der Waals surface area (Å²) in [5.74, 6) is 2.33. The quantitative estimate of drug-likeness (QED) is 0.876. The molecule has 2 rings (SSSR count). The molecule has 0 spiro atoms. The van der Waals surface area contributed by atoms with Gasteiger partial charge in [0.05, 0.1) is 12.8 Å². The molecule has 0 aliphatic rings. The van der Waals surface area contributed by atoms with E-state index in [1.807, 2.05) is 37.4 Å². The summed E-state index contributed by atoms with van der Waals surface area (Å²) >= 11 is 0. The van der Waals surface area contributed by atoms with E-state index in [1.54, 1.807) is 7.11 Å². The summed E-state index contributed by atoms with van der Waals surface area (Å²) in [6.07, 6.45) is 0.975. The van der Waals surface area contributed by atoms with E-state index in [1.165, 1.54) is 5.56 Å². The summed E-state index contributed by atoms with van der Waals surface area (Å²) in [6, 6.07) is 11.8. The molecule has 0 aliphatic heterocycles. The van der Waals surface area contributed by atoms with E-state index in [2.05, 4.69) is 23.3 Å². The number of aryl methyl sites for hydroxylation is 1. The maximum Gasteiger partial charge on any atom is 0.161 e. The maximum atomic E-state index is 5.80. The molecule has 4 heteroatoms. The van der Waals surface area contributed by atoms with Gasteiger partial charge in [0.1, 0.15) is 12.4 Å². The molecule has 1 N–H and O–H groups in total. The van der Waals surface area contributed by atoms with E-state index in [0.717, 1.165) is 29.4 Å². The number of hydrogen-bond donors (Lipinski definition) is 1. The second kappa shape index (κ2) is 6.80. The molecule has 1 aromatic carbocycles. The highest BCUT2D eigenvalue weighted by atomic mass is 16.5. The zero-order chi connectivity index (χ0) is 14.4. The van der Waals surface area contributed by atoms with Crippen molar-refractivity contribution in [3.8, 4) is 11.5 Å². The van der Waals surface area contributed by atoms with Crippen LogP contribution >= 0.6 is 0 Å². The zero-order valence-electron chi connectivity index (χ0n) is 12.1. The number of rotatable bonds is 6. The second-order valence-corrected chi connectivity index (χ2v) is 4.39. The number of nitrogens with one attached hydrogen (secondary N) is 1. The highest BCUT2D eigenvalue weighted by Crippen LogP contribution is 2.28. The first-order chi connectivity index (χ1) is 9.76. The lowest BCUT2D eigenvalue weighted by molar-refractivity contribution is 0.280. The fourth-order valence-corrected chi connectivity index (χ4v) is 1.90. The number of anilines is 1. The summed E-state index contributed by atoms with van der Waals surface area (Å²) in [7, 11) is 3.50. The smallest absolute Gasteiger partial charge is 0.161 e. The van der Waals surface area contributed by atoms with Gasteiger partial charge in [0.2, 0.25) is 0 Å². The van der Waals surface area contributed by atoms with Crippen molar-refractivity contribution in [3.63, 3.8) is 0 Å².